The number of rotatable bonds is 4. The maximum absolute atomic E-state index is 12.2. The largest absolute Gasteiger partial charge is 0.480 e. The Bertz CT molecular complexity index is 357. The van der Waals surface area contributed by atoms with Crippen molar-refractivity contribution in [2.75, 3.05) is 46.3 Å². The van der Waals surface area contributed by atoms with Gasteiger partial charge in [0.1, 0.15) is 0 Å². The maximum atomic E-state index is 12.2. The van der Waals surface area contributed by atoms with Gasteiger partial charge in [-0.3, -0.25) is 9.69 Å². The number of urea groups is 1. The number of likely N-dealkylation sites (N-methyl/N-ethyl adjacent to an activating group) is 1. The minimum atomic E-state index is -0.820. The molecule has 1 fully saturated rings. The van der Waals surface area contributed by atoms with Crippen LogP contribution in [0.4, 0.5) is 4.79 Å². The number of carbonyl (C=O) groups is 2. The molecular formula is C13H23N3O3. The standard InChI is InChI=1S/C13H23N3O3/c1-11(2)9-14(3)13(19)16-6-4-5-15(7-8-16)10-12(17)18/h1,4-10H2,2-3H3,(H,17,18). The average molecular weight is 269 g/mol. The average Bonchev–Trinajstić information content (AvgIpc) is 2.52. The highest BCUT2D eigenvalue weighted by Crippen LogP contribution is 2.06. The molecule has 0 spiro atoms. The van der Waals surface area contributed by atoms with Gasteiger partial charge in [0.05, 0.1) is 6.54 Å². The van der Waals surface area contributed by atoms with E-state index in [4.69, 9.17) is 5.11 Å². The van der Waals surface area contributed by atoms with E-state index in [-0.39, 0.29) is 12.6 Å². The van der Waals surface area contributed by atoms with E-state index in [1.807, 2.05) is 11.8 Å². The predicted octanol–water partition coefficient (Wildman–Crippen LogP) is 0.707. The van der Waals surface area contributed by atoms with E-state index in [0.717, 1.165) is 18.5 Å². The Morgan fingerprint density at radius 1 is 1.26 bits per heavy atom. The molecule has 6 nitrogen and oxygen atoms in total. The first kappa shape index (κ1) is 15.5. The summed E-state index contributed by atoms with van der Waals surface area (Å²) in [6, 6.07) is -0.0137. The van der Waals surface area contributed by atoms with Gasteiger partial charge in [-0.15, -0.1) is 0 Å². The summed E-state index contributed by atoms with van der Waals surface area (Å²) in [5.74, 6) is -0.820. The quantitative estimate of drug-likeness (QED) is 0.763. The molecule has 1 aliphatic rings. The molecule has 0 radical (unpaired) electrons. The number of amides is 2. The lowest BCUT2D eigenvalue weighted by Gasteiger charge is -2.27. The lowest BCUT2D eigenvalue weighted by Crippen LogP contribution is -2.43. The van der Waals surface area contributed by atoms with Crippen molar-refractivity contribution < 1.29 is 14.7 Å². The molecule has 0 bridgehead atoms. The molecular weight excluding hydrogens is 246 g/mol. The van der Waals surface area contributed by atoms with E-state index in [0.29, 0.717) is 26.2 Å². The van der Waals surface area contributed by atoms with Crippen molar-refractivity contribution in [2.45, 2.75) is 13.3 Å². The summed E-state index contributed by atoms with van der Waals surface area (Å²) in [6.07, 6.45) is 0.805. The first-order valence-electron chi connectivity index (χ1n) is 6.48. The zero-order valence-corrected chi connectivity index (χ0v) is 11.8. The molecule has 0 aromatic carbocycles. The van der Waals surface area contributed by atoms with Crippen LogP contribution >= 0.6 is 0 Å². The fourth-order valence-corrected chi connectivity index (χ4v) is 2.23. The van der Waals surface area contributed by atoms with E-state index in [1.165, 1.54) is 0 Å². The summed E-state index contributed by atoms with van der Waals surface area (Å²) >= 11 is 0. The molecule has 0 unspecified atom stereocenters. The molecule has 0 saturated carbocycles. The molecule has 0 aromatic heterocycles. The van der Waals surface area contributed by atoms with E-state index in [1.54, 1.807) is 16.8 Å². The van der Waals surface area contributed by atoms with E-state index in [9.17, 15) is 9.59 Å². The second-order valence-corrected chi connectivity index (χ2v) is 5.11. The van der Waals surface area contributed by atoms with Crippen molar-refractivity contribution in [3.8, 4) is 0 Å². The third-order valence-electron chi connectivity index (χ3n) is 3.05. The minimum Gasteiger partial charge on any atom is -0.480 e. The Labute approximate surface area is 114 Å². The topological polar surface area (TPSA) is 64.1 Å². The molecule has 0 atom stereocenters. The van der Waals surface area contributed by atoms with Gasteiger partial charge in [-0.25, -0.2) is 4.79 Å². The van der Waals surface area contributed by atoms with Crippen molar-refractivity contribution in [3.05, 3.63) is 12.2 Å². The van der Waals surface area contributed by atoms with Crippen molar-refractivity contribution in [1.82, 2.24) is 14.7 Å². The van der Waals surface area contributed by atoms with Gasteiger partial charge in [-0.05, 0) is 13.3 Å². The summed E-state index contributed by atoms with van der Waals surface area (Å²) in [4.78, 5) is 28.2. The van der Waals surface area contributed by atoms with Crippen LogP contribution in [0.1, 0.15) is 13.3 Å². The number of carbonyl (C=O) groups excluding carboxylic acids is 1. The number of carboxylic acids is 1. The zero-order chi connectivity index (χ0) is 14.4. The highest BCUT2D eigenvalue weighted by atomic mass is 16.4. The van der Waals surface area contributed by atoms with E-state index >= 15 is 0 Å². The molecule has 6 heteroatoms. The van der Waals surface area contributed by atoms with Crippen molar-refractivity contribution in [3.63, 3.8) is 0 Å². The third-order valence-corrected chi connectivity index (χ3v) is 3.05. The Morgan fingerprint density at radius 2 is 1.95 bits per heavy atom. The van der Waals surface area contributed by atoms with E-state index in [2.05, 4.69) is 6.58 Å². The zero-order valence-electron chi connectivity index (χ0n) is 11.8. The first-order valence-corrected chi connectivity index (χ1v) is 6.48. The van der Waals surface area contributed by atoms with Gasteiger partial charge in [-0.2, -0.15) is 0 Å². The Morgan fingerprint density at radius 3 is 2.53 bits per heavy atom. The van der Waals surface area contributed by atoms with Crippen LogP contribution in [0.3, 0.4) is 0 Å². The molecule has 2 amide bonds. The molecule has 19 heavy (non-hydrogen) atoms. The van der Waals surface area contributed by atoms with E-state index < -0.39 is 5.97 Å². The van der Waals surface area contributed by atoms with Gasteiger partial charge in [0, 0.05) is 39.8 Å². The first-order chi connectivity index (χ1) is 8.90. The number of hydrogen-bond acceptors (Lipinski definition) is 3. The van der Waals surface area contributed by atoms with Gasteiger partial charge in [0.2, 0.25) is 0 Å². The lowest BCUT2D eigenvalue weighted by atomic mass is 10.3. The highest BCUT2D eigenvalue weighted by Gasteiger charge is 2.22. The SMILES string of the molecule is C=C(C)CN(C)C(=O)N1CCCN(CC(=O)O)CC1. The van der Waals surface area contributed by atoms with Crippen LogP contribution in [0.15, 0.2) is 12.2 Å². The molecule has 1 aliphatic heterocycles. The normalized spacial score (nSPS) is 16.8. The Hall–Kier alpha value is -1.56. The number of aliphatic carboxylic acids is 1. The number of nitrogens with zero attached hydrogens (tertiary/aromatic N) is 3. The van der Waals surface area contributed by atoms with Crippen LogP contribution in [-0.2, 0) is 4.79 Å². The summed E-state index contributed by atoms with van der Waals surface area (Å²) in [5.41, 5.74) is 0.943. The fraction of sp³-hybridized carbons (Fsp3) is 0.692. The molecule has 1 heterocycles. The van der Waals surface area contributed by atoms with Crippen LogP contribution in [-0.4, -0.2) is 78.1 Å². The van der Waals surface area contributed by atoms with Crippen LogP contribution in [0, 0.1) is 0 Å². The number of carboxylic acid groups (broad SMARTS) is 1. The monoisotopic (exact) mass is 269 g/mol. The van der Waals surface area contributed by atoms with Gasteiger partial charge < -0.3 is 14.9 Å². The Balaban J connectivity index is 2.49. The fourth-order valence-electron chi connectivity index (χ4n) is 2.23. The third kappa shape index (κ3) is 5.30. The van der Waals surface area contributed by atoms with Crippen molar-refractivity contribution in [2.24, 2.45) is 0 Å². The van der Waals surface area contributed by atoms with Crippen LogP contribution in [0.25, 0.3) is 0 Å². The molecule has 108 valence electrons. The minimum absolute atomic E-state index is 0.0137. The number of hydrogen-bond donors (Lipinski definition) is 1. The second kappa shape index (κ2) is 7.13. The molecule has 1 saturated heterocycles. The van der Waals surface area contributed by atoms with Crippen LogP contribution in [0.5, 0.6) is 0 Å². The van der Waals surface area contributed by atoms with Gasteiger partial charge >= 0.3 is 12.0 Å². The summed E-state index contributed by atoms with van der Waals surface area (Å²) in [5, 5.41) is 8.78. The maximum Gasteiger partial charge on any atom is 0.320 e. The van der Waals surface area contributed by atoms with Gasteiger partial charge in [0.25, 0.3) is 0 Å². The molecule has 1 rings (SSSR count). The smallest absolute Gasteiger partial charge is 0.320 e. The molecule has 0 aliphatic carbocycles. The van der Waals surface area contributed by atoms with Gasteiger partial charge in [-0.1, -0.05) is 12.2 Å². The summed E-state index contributed by atoms with van der Waals surface area (Å²) in [7, 11) is 1.76. The van der Waals surface area contributed by atoms with Crippen LogP contribution in [0.2, 0.25) is 0 Å². The highest BCUT2D eigenvalue weighted by molar-refractivity contribution is 5.74. The van der Waals surface area contributed by atoms with Crippen LogP contribution < -0.4 is 0 Å². The summed E-state index contributed by atoms with van der Waals surface area (Å²) < 4.78 is 0. The van der Waals surface area contributed by atoms with Crippen molar-refractivity contribution in [1.29, 1.82) is 0 Å². The summed E-state index contributed by atoms with van der Waals surface area (Å²) in [6.45, 7) is 8.87. The van der Waals surface area contributed by atoms with Gasteiger partial charge in [0.15, 0.2) is 0 Å². The molecule has 1 N–H and O–H groups in total. The lowest BCUT2D eigenvalue weighted by molar-refractivity contribution is -0.138. The predicted molar refractivity (Wildman–Crippen MR) is 73.1 cm³/mol. The Kier molecular flexibility index (Phi) is 5.82. The molecule has 0 aromatic rings. The van der Waals surface area contributed by atoms with Crippen molar-refractivity contribution >= 4 is 12.0 Å². The second-order valence-electron chi connectivity index (χ2n) is 5.11.